The number of anilines is 1. The van der Waals surface area contributed by atoms with E-state index < -0.39 is 11.7 Å². The first-order chi connectivity index (χ1) is 14.0. The third kappa shape index (κ3) is 5.01. The summed E-state index contributed by atoms with van der Waals surface area (Å²) >= 11 is 0. The van der Waals surface area contributed by atoms with E-state index in [9.17, 15) is 14.0 Å². The van der Waals surface area contributed by atoms with Gasteiger partial charge in [-0.15, -0.1) is 0 Å². The maximum Gasteiger partial charge on any atom is 0.258 e. The van der Waals surface area contributed by atoms with Gasteiger partial charge >= 0.3 is 0 Å². The van der Waals surface area contributed by atoms with E-state index in [4.69, 9.17) is 0 Å². The first-order valence-corrected chi connectivity index (χ1v) is 10.2. The molecule has 0 aromatic heterocycles. The lowest BCUT2D eigenvalue weighted by molar-refractivity contribution is 0.0691. The van der Waals surface area contributed by atoms with Gasteiger partial charge in [-0.2, -0.15) is 0 Å². The molecule has 0 bridgehead atoms. The van der Waals surface area contributed by atoms with Crippen molar-refractivity contribution in [1.82, 2.24) is 10.2 Å². The minimum absolute atomic E-state index is 0.0432. The average Bonchev–Trinajstić information content (AvgIpc) is 2.74. The summed E-state index contributed by atoms with van der Waals surface area (Å²) in [6.45, 7) is 7.25. The fraction of sp³-hybridized carbons (Fsp3) is 0.391. The summed E-state index contributed by atoms with van der Waals surface area (Å²) in [7, 11) is 0. The number of rotatable bonds is 6. The number of carbonyl (C=O) groups excluding carboxylic acids is 2. The Bertz CT molecular complexity index is 876. The fourth-order valence-corrected chi connectivity index (χ4v) is 3.70. The lowest BCUT2D eigenvalue weighted by atomic mass is 9.96. The van der Waals surface area contributed by atoms with Gasteiger partial charge in [-0.3, -0.25) is 9.59 Å². The molecule has 1 aliphatic heterocycles. The molecule has 0 aliphatic carbocycles. The predicted molar refractivity (Wildman–Crippen MR) is 113 cm³/mol. The van der Waals surface area contributed by atoms with Crippen molar-refractivity contribution in [2.24, 2.45) is 5.92 Å². The van der Waals surface area contributed by atoms with E-state index >= 15 is 0 Å². The molecule has 0 spiro atoms. The maximum absolute atomic E-state index is 14.0. The van der Waals surface area contributed by atoms with Crippen molar-refractivity contribution < 1.29 is 14.0 Å². The molecule has 3 rings (SSSR count). The van der Waals surface area contributed by atoms with Crippen LogP contribution in [0.2, 0.25) is 0 Å². The summed E-state index contributed by atoms with van der Waals surface area (Å²) in [5.74, 6) is -0.666. The maximum atomic E-state index is 14.0. The number of nitrogens with zero attached hydrogens (tertiary/aromatic N) is 1. The topological polar surface area (TPSA) is 61.4 Å². The van der Waals surface area contributed by atoms with E-state index in [2.05, 4.69) is 17.6 Å². The highest BCUT2D eigenvalue weighted by molar-refractivity contribution is 6.09. The molecule has 1 aliphatic rings. The van der Waals surface area contributed by atoms with Gasteiger partial charge < -0.3 is 15.5 Å². The van der Waals surface area contributed by atoms with Gasteiger partial charge in [0.2, 0.25) is 0 Å². The Hall–Kier alpha value is -2.73. The molecule has 2 aromatic rings. The number of hydrogen-bond donors (Lipinski definition) is 2. The van der Waals surface area contributed by atoms with Gasteiger partial charge in [0.1, 0.15) is 5.82 Å². The number of aryl methyl sites for hydroxylation is 1. The lowest BCUT2D eigenvalue weighted by Gasteiger charge is -2.32. The molecule has 2 N–H and O–H groups in total. The summed E-state index contributed by atoms with van der Waals surface area (Å²) < 4.78 is 14.0. The van der Waals surface area contributed by atoms with Gasteiger partial charge in [-0.1, -0.05) is 31.2 Å². The Kier molecular flexibility index (Phi) is 6.99. The molecule has 1 saturated heterocycles. The molecule has 1 fully saturated rings. The summed E-state index contributed by atoms with van der Waals surface area (Å²) in [6.07, 6.45) is 1.92. The molecule has 5 nitrogen and oxygen atoms in total. The lowest BCUT2D eigenvalue weighted by Crippen LogP contribution is -2.41. The molecule has 0 saturated carbocycles. The highest BCUT2D eigenvalue weighted by Crippen LogP contribution is 2.26. The minimum Gasteiger partial charge on any atom is -0.339 e. The predicted octanol–water partition coefficient (Wildman–Crippen LogP) is 3.85. The minimum atomic E-state index is -0.589. The van der Waals surface area contributed by atoms with Gasteiger partial charge in [0.25, 0.3) is 11.8 Å². The van der Waals surface area contributed by atoms with Crippen molar-refractivity contribution in [3.05, 3.63) is 65.0 Å². The van der Waals surface area contributed by atoms with Crippen molar-refractivity contribution in [1.29, 1.82) is 0 Å². The smallest absolute Gasteiger partial charge is 0.258 e. The fourth-order valence-electron chi connectivity index (χ4n) is 3.70. The van der Waals surface area contributed by atoms with E-state index in [0.29, 0.717) is 30.3 Å². The van der Waals surface area contributed by atoms with Crippen LogP contribution in [0.1, 0.15) is 46.0 Å². The molecule has 29 heavy (non-hydrogen) atoms. The van der Waals surface area contributed by atoms with Crippen molar-refractivity contribution in [2.75, 3.05) is 31.5 Å². The molecule has 2 aromatic carbocycles. The molecule has 0 atom stereocenters. The quantitative estimate of drug-likeness (QED) is 0.778. The molecule has 2 amide bonds. The van der Waals surface area contributed by atoms with Gasteiger partial charge in [0, 0.05) is 13.1 Å². The number of para-hydroxylation sites is 1. The van der Waals surface area contributed by atoms with Crippen molar-refractivity contribution in [3.63, 3.8) is 0 Å². The van der Waals surface area contributed by atoms with Gasteiger partial charge in [-0.05, 0) is 62.5 Å². The van der Waals surface area contributed by atoms with Crippen LogP contribution in [0.25, 0.3) is 0 Å². The van der Waals surface area contributed by atoms with Crippen LogP contribution in [0, 0.1) is 18.7 Å². The van der Waals surface area contributed by atoms with Crippen molar-refractivity contribution >= 4 is 17.5 Å². The normalized spacial score (nSPS) is 14.7. The van der Waals surface area contributed by atoms with Crippen molar-refractivity contribution in [3.8, 4) is 0 Å². The first-order valence-electron chi connectivity index (χ1n) is 10.2. The number of carbonyl (C=O) groups is 2. The third-order valence-corrected chi connectivity index (χ3v) is 5.44. The van der Waals surface area contributed by atoms with E-state index in [1.165, 1.54) is 18.2 Å². The summed E-state index contributed by atoms with van der Waals surface area (Å²) in [5.41, 5.74) is 1.61. The standard InChI is InChI=1S/C23H28FN3O2/c1-3-25-15-17-11-13-27(14-12-17)23(29)19-9-6-7-16(2)21(19)26-22(28)18-8-4-5-10-20(18)24/h4-10,17,25H,3,11-15H2,1-2H3,(H,26,28). The number of halogens is 1. The molecule has 0 radical (unpaired) electrons. The van der Waals surface area contributed by atoms with E-state index in [0.717, 1.165) is 31.5 Å². The van der Waals surface area contributed by atoms with Crippen LogP contribution < -0.4 is 10.6 Å². The van der Waals surface area contributed by atoms with E-state index in [1.54, 1.807) is 18.2 Å². The Balaban J connectivity index is 1.75. The van der Waals surface area contributed by atoms with Crippen LogP contribution in [-0.2, 0) is 0 Å². The van der Waals surface area contributed by atoms with Crippen LogP contribution in [-0.4, -0.2) is 42.9 Å². The monoisotopic (exact) mass is 397 g/mol. The van der Waals surface area contributed by atoms with Crippen LogP contribution >= 0.6 is 0 Å². The molecular formula is C23H28FN3O2. The molecular weight excluding hydrogens is 369 g/mol. The number of benzene rings is 2. The Morgan fingerprint density at radius 3 is 2.45 bits per heavy atom. The number of hydrogen-bond acceptors (Lipinski definition) is 3. The Morgan fingerprint density at radius 2 is 1.76 bits per heavy atom. The first kappa shape index (κ1) is 21.0. The second-order valence-corrected chi connectivity index (χ2v) is 7.47. The molecule has 154 valence electrons. The summed E-state index contributed by atoms with van der Waals surface area (Å²) in [5, 5.41) is 6.13. The average molecular weight is 397 g/mol. The highest BCUT2D eigenvalue weighted by atomic mass is 19.1. The SMILES string of the molecule is CCNCC1CCN(C(=O)c2cccc(C)c2NC(=O)c2ccccc2F)CC1. The second kappa shape index (κ2) is 9.65. The second-order valence-electron chi connectivity index (χ2n) is 7.47. The zero-order valence-electron chi connectivity index (χ0n) is 17.0. The number of likely N-dealkylation sites (tertiary alicyclic amines) is 1. The zero-order valence-corrected chi connectivity index (χ0v) is 17.0. The van der Waals surface area contributed by atoms with Crippen LogP contribution in [0.15, 0.2) is 42.5 Å². The molecule has 0 unspecified atom stereocenters. The highest BCUT2D eigenvalue weighted by Gasteiger charge is 2.26. The molecule has 6 heteroatoms. The van der Waals surface area contributed by atoms with Gasteiger partial charge in [0.05, 0.1) is 16.8 Å². The van der Waals surface area contributed by atoms with E-state index in [1.807, 2.05) is 17.9 Å². The van der Waals surface area contributed by atoms with Crippen LogP contribution in [0.4, 0.5) is 10.1 Å². The number of piperidine rings is 1. The Morgan fingerprint density at radius 1 is 1.07 bits per heavy atom. The largest absolute Gasteiger partial charge is 0.339 e. The summed E-state index contributed by atoms with van der Waals surface area (Å²) in [4.78, 5) is 27.6. The Labute approximate surface area is 171 Å². The van der Waals surface area contributed by atoms with Crippen molar-refractivity contribution in [2.45, 2.75) is 26.7 Å². The van der Waals surface area contributed by atoms with Crippen LogP contribution in [0.5, 0.6) is 0 Å². The zero-order chi connectivity index (χ0) is 20.8. The van der Waals surface area contributed by atoms with E-state index in [-0.39, 0.29) is 11.5 Å². The van der Waals surface area contributed by atoms with Gasteiger partial charge in [-0.25, -0.2) is 4.39 Å². The van der Waals surface area contributed by atoms with Gasteiger partial charge in [0.15, 0.2) is 0 Å². The van der Waals surface area contributed by atoms with Crippen LogP contribution in [0.3, 0.4) is 0 Å². The molecule has 1 heterocycles. The third-order valence-electron chi connectivity index (χ3n) is 5.44. The summed E-state index contributed by atoms with van der Waals surface area (Å²) in [6, 6.07) is 11.2. The number of amides is 2. The number of nitrogens with one attached hydrogen (secondary N) is 2.